The lowest BCUT2D eigenvalue weighted by Crippen LogP contribution is -2.59. The number of esters is 2. The Morgan fingerprint density at radius 1 is 1.12 bits per heavy atom. The van der Waals surface area contributed by atoms with Gasteiger partial charge >= 0.3 is 11.9 Å². The molecule has 0 aliphatic carbocycles. The molecule has 7 nitrogen and oxygen atoms in total. The van der Waals surface area contributed by atoms with Crippen LogP contribution in [0.4, 0.5) is 0 Å². The van der Waals surface area contributed by atoms with Crippen LogP contribution in [0.3, 0.4) is 0 Å². The SMILES string of the molecule is CCCCC1CCOC(=O)C1C1(SOOO)C(=O)OCCC1CCCC. The summed E-state index contributed by atoms with van der Waals surface area (Å²) in [5, 5.41) is 12.5. The number of hydrogen-bond acceptors (Lipinski definition) is 8. The van der Waals surface area contributed by atoms with E-state index in [0.29, 0.717) is 38.1 Å². The highest BCUT2D eigenvalue weighted by atomic mass is 32.2. The van der Waals surface area contributed by atoms with Gasteiger partial charge in [0.1, 0.15) is 0 Å². The van der Waals surface area contributed by atoms with E-state index in [4.69, 9.17) is 19.1 Å². The molecule has 8 heteroatoms. The van der Waals surface area contributed by atoms with Gasteiger partial charge in [0.2, 0.25) is 0 Å². The molecular formula is C18H30O7S. The lowest BCUT2D eigenvalue weighted by molar-refractivity contribution is -0.432. The minimum Gasteiger partial charge on any atom is -0.465 e. The van der Waals surface area contributed by atoms with E-state index in [2.05, 4.69) is 18.9 Å². The van der Waals surface area contributed by atoms with Crippen LogP contribution in [0.25, 0.3) is 0 Å². The Bertz CT molecular complexity index is 472. The Hall–Kier alpha value is -0.830. The third kappa shape index (κ3) is 4.52. The van der Waals surface area contributed by atoms with Gasteiger partial charge in [0.05, 0.1) is 31.2 Å². The number of hydrogen-bond donors (Lipinski definition) is 1. The van der Waals surface area contributed by atoms with Crippen LogP contribution in [0.2, 0.25) is 0 Å². The molecule has 4 atom stereocenters. The van der Waals surface area contributed by atoms with Crippen LogP contribution >= 0.6 is 12.0 Å². The quantitative estimate of drug-likeness (QED) is 0.260. The highest BCUT2D eigenvalue weighted by molar-refractivity contribution is 7.96. The van der Waals surface area contributed by atoms with E-state index in [1.807, 2.05) is 0 Å². The zero-order valence-electron chi connectivity index (χ0n) is 15.6. The number of ether oxygens (including phenoxy) is 2. The Balaban J connectivity index is 2.41. The summed E-state index contributed by atoms with van der Waals surface area (Å²) in [5.74, 6) is -1.62. The van der Waals surface area contributed by atoms with Gasteiger partial charge in [-0.05, 0) is 37.5 Å². The molecule has 2 aliphatic heterocycles. The van der Waals surface area contributed by atoms with E-state index in [1.54, 1.807) is 0 Å². The maximum Gasteiger partial charge on any atom is 0.325 e. The van der Waals surface area contributed by atoms with Crippen molar-refractivity contribution in [3.8, 4) is 0 Å². The summed E-state index contributed by atoms with van der Waals surface area (Å²) in [6, 6.07) is 0. The van der Waals surface area contributed by atoms with Gasteiger partial charge < -0.3 is 9.47 Å². The molecule has 2 saturated heterocycles. The predicted molar refractivity (Wildman–Crippen MR) is 95.8 cm³/mol. The second kappa shape index (κ2) is 10.5. The monoisotopic (exact) mass is 390 g/mol. The molecule has 0 bridgehead atoms. The van der Waals surface area contributed by atoms with Crippen LogP contribution < -0.4 is 0 Å². The van der Waals surface area contributed by atoms with Gasteiger partial charge in [-0.25, -0.2) is 5.26 Å². The van der Waals surface area contributed by atoms with Crippen LogP contribution in [-0.2, 0) is 28.4 Å². The van der Waals surface area contributed by atoms with E-state index in [0.717, 1.165) is 38.5 Å². The fraction of sp³-hybridized carbons (Fsp3) is 0.889. The third-order valence-corrected chi connectivity index (χ3v) is 6.74. The van der Waals surface area contributed by atoms with E-state index >= 15 is 0 Å². The van der Waals surface area contributed by atoms with Crippen molar-refractivity contribution in [1.82, 2.24) is 0 Å². The highest BCUT2D eigenvalue weighted by Crippen LogP contribution is 2.52. The molecule has 0 radical (unpaired) electrons. The molecule has 2 heterocycles. The first-order chi connectivity index (χ1) is 12.6. The number of carbonyl (C=O) groups excluding carboxylic acids is 2. The molecule has 0 aromatic rings. The second-order valence-electron chi connectivity index (χ2n) is 7.12. The molecule has 0 amide bonds. The largest absolute Gasteiger partial charge is 0.465 e. The predicted octanol–water partition coefficient (Wildman–Crippen LogP) is 3.92. The van der Waals surface area contributed by atoms with Crippen molar-refractivity contribution in [1.29, 1.82) is 0 Å². The van der Waals surface area contributed by atoms with Crippen LogP contribution in [0, 0.1) is 17.8 Å². The summed E-state index contributed by atoms with van der Waals surface area (Å²) in [6.45, 7) is 4.89. The molecule has 0 spiro atoms. The molecule has 1 N–H and O–H groups in total. The Morgan fingerprint density at radius 3 is 2.50 bits per heavy atom. The van der Waals surface area contributed by atoms with Crippen molar-refractivity contribution in [2.75, 3.05) is 13.2 Å². The minimum atomic E-state index is -1.26. The van der Waals surface area contributed by atoms with Crippen LogP contribution in [-0.4, -0.2) is 35.2 Å². The lowest BCUT2D eigenvalue weighted by atomic mass is 9.68. The van der Waals surface area contributed by atoms with Crippen molar-refractivity contribution < 1.29 is 33.7 Å². The van der Waals surface area contributed by atoms with E-state index < -0.39 is 16.6 Å². The topological polar surface area (TPSA) is 91.3 Å². The summed E-state index contributed by atoms with van der Waals surface area (Å²) >= 11 is 0.711. The van der Waals surface area contributed by atoms with E-state index in [9.17, 15) is 9.59 Å². The number of carbonyl (C=O) groups is 2. The van der Waals surface area contributed by atoms with Gasteiger partial charge in [0.15, 0.2) is 4.75 Å². The standard InChI is InChI=1S/C18H30O7S/c1-3-5-7-13-9-11-22-16(19)15(13)18(26-25-24-21)14(8-6-4-2)10-12-23-17(18)20/h13-15,21H,3-12H2,1-2H3. The Morgan fingerprint density at radius 2 is 1.81 bits per heavy atom. The lowest BCUT2D eigenvalue weighted by Gasteiger charge is -2.47. The van der Waals surface area contributed by atoms with Gasteiger partial charge in [-0.2, -0.15) is 0 Å². The van der Waals surface area contributed by atoms with Gasteiger partial charge in [-0.15, -0.1) is 4.33 Å². The van der Waals surface area contributed by atoms with Crippen molar-refractivity contribution in [2.24, 2.45) is 17.8 Å². The maximum absolute atomic E-state index is 13.0. The van der Waals surface area contributed by atoms with Crippen molar-refractivity contribution >= 4 is 24.0 Å². The number of unbranched alkanes of at least 4 members (excludes halogenated alkanes) is 2. The molecule has 26 heavy (non-hydrogen) atoms. The van der Waals surface area contributed by atoms with Crippen molar-refractivity contribution in [3.63, 3.8) is 0 Å². The van der Waals surface area contributed by atoms with Gasteiger partial charge in [0.25, 0.3) is 0 Å². The Kier molecular flexibility index (Phi) is 8.66. The smallest absolute Gasteiger partial charge is 0.325 e. The number of rotatable bonds is 10. The molecule has 150 valence electrons. The average Bonchev–Trinajstić information content (AvgIpc) is 2.64. The molecule has 4 unspecified atom stereocenters. The average molecular weight is 390 g/mol. The molecule has 0 aromatic heterocycles. The molecule has 2 aliphatic rings. The summed E-state index contributed by atoms with van der Waals surface area (Å²) in [4.78, 5) is 25.8. The van der Waals surface area contributed by atoms with Gasteiger partial charge in [-0.1, -0.05) is 44.6 Å². The Labute approximate surface area is 159 Å². The first-order valence-corrected chi connectivity index (χ1v) is 10.4. The maximum atomic E-state index is 13.0. The second-order valence-corrected chi connectivity index (χ2v) is 8.10. The summed E-state index contributed by atoms with van der Waals surface area (Å²) < 4.78 is 14.2. The highest BCUT2D eigenvalue weighted by Gasteiger charge is 2.62. The molecule has 0 aromatic carbocycles. The normalized spacial score (nSPS) is 32.2. The minimum absolute atomic E-state index is 0.0146. The van der Waals surface area contributed by atoms with Crippen LogP contribution in [0.15, 0.2) is 0 Å². The zero-order valence-corrected chi connectivity index (χ0v) is 16.4. The van der Waals surface area contributed by atoms with Gasteiger partial charge in [0, 0.05) is 0 Å². The molecule has 2 rings (SSSR count). The third-order valence-electron chi connectivity index (χ3n) is 5.58. The van der Waals surface area contributed by atoms with Crippen LogP contribution in [0.1, 0.15) is 65.2 Å². The first-order valence-electron chi connectivity index (χ1n) is 9.61. The van der Waals surface area contributed by atoms with Crippen LogP contribution in [0.5, 0.6) is 0 Å². The zero-order chi connectivity index (χ0) is 19.0. The van der Waals surface area contributed by atoms with E-state index in [-0.39, 0.29) is 17.8 Å². The van der Waals surface area contributed by atoms with E-state index in [1.165, 1.54) is 0 Å². The summed E-state index contributed by atoms with van der Waals surface area (Å²) in [7, 11) is 0. The molecule has 2 fully saturated rings. The fourth-order valence-corrected chi connectivity index (χ4v) is 5.30. The fourth-order valence-electron chi connectivity index (χ4n) is 4.27. The van der Waals surface area contributed by atoms with Gasteiger partial charge in [-0.3, -0.25) is 9.59 Å². The molecular weight excluding hydrogens is 360 g/mol. The summed E-state index contributed by atoms with van der Waals surface area (Å²) in [5.41, 5.74) is 0. The first kappa shape index (κ1) is 21.5. The van der Waals surface area contributed by atoms with Crippen molar-refractivity contribution in [3.05, 3.63) is 0 Å². The molecule has 0 saturated carbocycles. The number of cyclic esters (lactones) is 2. The van der Waals surface area contributed by atoms with Crippen molar-refractivity contribution in [2.45, 2.75) is 70.0 Å². The summed E-state index contributed by atoms with van der Waals surface area (Å²) in [6.07, 6.45) is 6.88.